The number of ether oxygens (including phenoxy) is 1. The van der Waals surface area contributed by atoms with Crippen LogP contribution in [0.15, 0.2) is 24.3 Å². The van der Waals surface area contributed by atoms with Crippen molar-refractivity contribution in [3.63, 3.8) is 0 Å². The molecule has 5 atom stereocenters. The third kappa shape index (κ3) is 2.61. The first kappa shape index (κ1) is 19.2. The quantitative estimate of drug-likeness (QED) is 0.542. The van der Waals surface area contributed by atoms with Gasteiger partial charge < -0.3 is 25.3 Å². The molecule has 1 aromatic carbocycles. The van der Waals surface area contributed by atoms with Crippen LogP contribution in [0.1, 0.15) is 31.2 Å². The summed E-state index contributed by atoms with van der Waals surface area (Å²) in [5, 5.41) is 15.7. The van der Waals surface area contributed by atoms with Crippen molar-refractivity contribution < 1.29 is 34.3 Å². The van der Waals surface area contributed by atoms with E-state index in [1.165, 1.54) is 4.90 Å². The molecule has 4 aliphatic heterocycles. The van der Waals surface area contributed by atoms with E-state index in [9.17, 15) is 24.3 Å². The molecule has 0 bridgehead atoms. The summed E-state index contributed by atoms with van der Waals surface area (Å²) in [7, 11) is 0. The van der Waals surface area contributed by atoms with E-state index in [0.29, 0.717) is 17.9 Å². The molecule has 3 N–H and O–H groups in total. The molecule has 0 unspecified atom stereocenters. The Kier molecular flexibility index (Phi) is 4.41. The number of nitrogens with one attached hydrogen (secondary N) is 1. The fourth-order valence-corrected chi connectivity index (χ4v) is 5.70. The maximum atomic E-state index is 13.5. The lowest BCUT2D eigenvalue weighted by atomic mass is 9.76. The summed E-state index contributed by atoms with van der Waals surface area (Å²) in [6.07, 6.45) is 1.38. The van der Waals surface area contributed by atoms with Crippen molar-refractivity contribution in [3.8, 4) is 0 Å². The predicted molar refractivity (Wildman–Crippen MR) is 99.4 cm³/mol. The Balaban J connectivity index is 1.55. The molecule has 9 nitrogen and oxygen atoms in total. The van der Waals surface area contributed by atoms with E-state index in [0.717, 1.165) is 12.8 Å². The van der Waals surface area contributed by atoms with Gasteiger partial charge in [-0.25, -0.2) is 0 Å². The lowest BCUT2D eigenvalue weighted by Crippen LogP contribution is -2.99. The molecule has 158 valence electrons. The number of nitrogens with two attached hydrogens (primary N) is 1. The zero-order chi connectivity index (χ0) is 21.0. The van der Waals surface area contributed by atoms with Gasteiger partial charge in [0.05, 0.1) is 18.3 Å². The number of fused-ring (bicyclic) bond motifs is 4. The van der Waals surface area contributed by atoms with Crippen LogP contribution in [0.3, 0.4) is 0 Å². The molecule has 3 saturated heterocycles. The highest BCUT2D eigenvalue weighted by Gasteiger charge is 2.74. The molecule has 1 aromatic rings. The molecule has 0 aliphatic carbocycles. The molecule has 0 saturated carbocycles. The Morgan fingerprint density at radius 1 is 1.27 bits per heavy atom. The third-order valence-corrected chi connectivity index (χ3v) is 6.96. The van der Waals surface area contributed by atoms with Gasteiger partial charge >= 0.3 is 0 Å². The van der Waals surface area contributed by atoms with E-state index < -0.39 is 29.4 Å². The van der Waals surface area contributed by atoms with E-state index in [1.54, 1.807) is 29.6 Å². The summed E-state index contributed by atoms with van der Waals surface area (Å²) in [6.45, 7) is 0.784. The minimum atomic E-state index is -1.27. The van der Waals surface area contributed by atoms with Crippen molar-refractivity contribution in [3.05, 3.63) is 29.8 Å². The van der Waals surface area contributed by atoms with E-state index >= 15 is 0 Å². The number of benzene rings is 1. The Labute approximate surface area is 172 Å². The largest absolute Gasteiger partial charge is 0.550 e. The van der Waals surface area contributed by atoms with Gasteiger partial charge in [0.25, 0.3) is 5.91 Å². The molecule has 4 heterocycles. The molecule has 3 amide bonds. The zero-order valence-corrected chi connectivity index (χ0v) is 16.3. The van der Waals surface area contributed by atoms with Crippen molar-refractivity contribution in [2.45, 2.75) is 43.4 Å². The van der Waals surface area contributed by atoms with E-state index in [-0.39, 0.29) is 43.2 Å². The fraction of sp³-hybridized carbons (Fsp3) is 0.524. The fourth-order valence-electron chi connectivity index (χ4n) is 5.70. The zero-order valence-electron chi connectivity index (χ0n) is 16.3. The maximum Gasteiger partial charge on any atom is 0.291 e. The lowest BCUT2D eigenvalue weighted by Gasteiger charge is -2.27. The minimum absolute atomic E-state index is 0.146. The number of quaternary nitrogens is 1. The van der Waals surface area contributed by atoms with Crippen molar-refractivity contribution in [1.29, 1.82) is 0 Å². The summed E-state index contributed by atoms with van der Waals surface area (Å²) >= 11 is 0. The number of anilines is 1. The van der Waals surface area contributed by atoms with Gasteiger partial charge in [0, 0.05) is 24.6 Å². The van der Waals surface area contributed by atoms with Gasteiger partial charge in [-0.05, 0) is 25.3 Å². The second-order valence-corrected chi connectivity index (χ2v) is 8.54. The first-order valence-electron chi connectivity index (χ1n) is 10.4. The Morgan fingerprint density at radius 3 is 2.80 bits per heavy atom. The summed E-state index contributed by atoms with van der Waals surface area (Å²) in [5.41, 5.74) is 0.0209. The minimum Gasteiger partial charge on any atom is -0.550 e. The number of hydrogen-bond acceptors (Lipinski definition) is 6. The second-order valence-electron chi connectivity index (χ2n) is 8.54. The number of imide groups is 1. The molecule has 0 aromatic heterocycles. The van der Waals surface area contributed by atoms with Crippen LogP contribution >= 0.6 is 0 Å². The van der Waals surface area contributed by atoms with E-state index in [1.807, 2.05) is 0 Å². The Morgan fingerprint density at radius 2 is 2.07 bits per heavy atom. The summed E-state index contributed by atoms with van der Waals surface area (Å²) in [5.74, 6) is -3.90. The number of amides is 3. The highest BCUT2D eigenvalue weighted by molar-refractivity contribution is 6.13. The van der Waals surface area contributed by atoms with Gasteiger partial charge in [-0.3, -0.25) is 19.3 Å². The molecule has 30 heavy (non-hydrogen) atoms. The van der Waals surface area contributed by atoms with Crippen LogP contribution in [0.2, 0.25) is 0 Å². The van der Waals surface area contributed by atoms with Crippen LogP contribution in [0.25, 0.3) is 0 Å². The number of carbonyl (C=O) groups excluding carboxylic acids is 4. The molecule has 5 rings (SSSR count). The average molecular weight is 413 g/mol. The van der Waals surface area contributed by atoms with Crippen LogP contribution in [0.5, 0.6) is 0 Å². The molecular weight excluding hydrogens is 390 g/mol. The van der Waals surface area contributed by atoms with E-state index in [2.05, 4.69) is 5.32 Å². The molecular formula is C21H23N3O6. The van der Waals surface area contributed by atoms with Crippen LogP contribution in [-0.4, -0.2) is 53.9 Å². The molecule has 1 spiro atoms. The van der Waals surface area contributed by atoms with E-state index in [4.69, 9.17) is 4.74 Å². The number of carbonyl (C=O) groups is 4. The number of hydrogen-bond donors (Lipinski definition) is 2. The van der Waals surface area contributed by atoms with Gasteiger partial charge in [-0.15, -0.1) is 0 Å². The monoisotopic (exact) mass is 413 g/mol. The van der Waals surface area contributed by atoms with Crippen LogP contribution in [-0.2, 0) is 29.5 Å². The normalized spacial score (nSPS) is 34.5. The first-order chi connectivity index (χ1) is 14.4. The van der Waals surface area contributed by atoms with Crippen LogP contribution in [0.4, 0.5) is 5.69 Å². The molecule has 3 fully saturated rings. The standard InChI is InChI=1S/C21H23N3O6/c25-15(26)8-7-14-16-17(19(28)24(18(16)27)10-11-4-3-9-30-11)21(23-14)12-5-1-2-6-13(12)22-20(21)29/h1-2,5-6,11,14,16-17,23H,3-4,7-10H2,(H,22,29)(H,25,26)/t11-,14+,16+,17-,21-/m1/s1. The maximum absolute atomic E-state index is 13.5. The summed E-state index contributed by atoms with van der Waals surface area (Å²) in [4.78, 5) is 52.4. The summed E-state index contributed by atoms with van der Waals surface area (Å²) in [6, 6.07) is 6.65. The Hall–Kier alpha value is -2.78. The van der Waals surface area contributed by atoms with Crippen molar-refractivity contribution in [2.24, 2.45) is 11.8 Å². The lowest BCUT2D eigenvalue weighted by molar-refractivity contribution is -0.734. The highest BCUT2D eigenvalue weighted by atomic mass is 16.5. The summed E-state index contributed by atoms with van der Waals surface area (Å²) < 4.78 is 5.61. The SMILES string of the molecule is O=C([O-])CC[C@@H]1[NH2+][C@@]2(C(=O)Nc3ccccc32)[C@H]2C(=O)N(C[C@H]3CCCO3)C(=O)[C@@H]12. The van der Waals surface area contributed by atoms with Gasteiger partial charge in [-0.1, -0.05) is 18.2 Å². The van der Waals surface area contributed by atoms with Gasteiger partial charge in [0.2, 0.25) is 17.4 Å². The Bertz CT molecular complexity index is 942. The number of nitrogens with zero attached hydrogens (tertiary/aromatic N) is 1. The molecule has 9 heteroatoms. The van der Waals surface area contributed by atoms with Crippen LogP contribution < -0.4 is 15.7 Å². The topological polar surface area (TPSA) is 132 Å². The average Bonchev–Trinajstić information content (AvgIpc) is 3.46. The smallest absolute Gasteiger partial charge is 0.291 e. The number of likely N-dealkylation sites (tertiary alicyclic amines) is 1. The van der Waals surface area contributed by atoms with Crippen molar-refractivity contribution in [1.82, 2.24) is 4.90 Å². The van der Waals surface area contributed by atoms with Gasteiger partial charge in [0.15, 0.2) is 0 Å². The number of para-hydroxylation sites is 1. The molecule has 0 radical (unpaired) electrons. The van der Waals surface area contributed by atoms with Gasteiger partial charge in [0.1, 0.15) is 17.9 Å². The number of rotatable bonds is 5. The second kappa shape index (κ2) is 6.88. The highest BCUT2D eigenvalue weighted by Crippen LogP contribution is 2.49. The molecule has 4 aliphatic rings. The third-order valence-electron chi connectivity index (χ3n) is 6.96. The van der Waals surface area contributed by atoms with Crippen molar-refractivity contribution in [2.75, 3.05) is 18.5 Å². The first-order valence-corrected chi connectivity index (χ1v) is 10.4. The number of carboxylic acid groups (broad SMARTS) is 1. The predicted octanol–water partition coefficient (Wildman–Crippen LogP) is -1.91. The number of carboxylic acids is 1. The van der Waals surface area contributed by atoms with Crippen LogP contribution in [0, 0.1) is 11.8 Å². The van der Waals surface area contributed by atoms with Crippen molar-refractivity contribution >= 4 is 29.4 Å². The number of aliphatic carboxylic acids is 1. The van der Waals surface area contributed by atoms with Gasteiger partial charge in [-0.2, -0.15) is 0 Å².